The lowest BCUT2D eigenvalue weighted by atomic mass is 9.82. The van der Waals surface area contributed by atoms with E-state index in [0.717, 1.165) is 42.8 Å². The molecule has 2 aromatic rings. The fraction of sp³-hybridized carbons (Fsp3) is 0.759. The summed E-state index contributed by atoms with van der Waals surface area (Å²) in [6.45, 7) is 22.6. The molecule has 1 aliphatic carbocycles. The molecule has 3 N–H and O–H groups in total. The van der Waals surface area contributed by atoms with Crippen LogP contribution in [0, 0.1) is 5.92 Å². The maximum absolute atomic E-state index is 11.1. The van der Waals surface area contributed by atoms with E-state index >= 15 is 0 Å². The van der Waals surface area contributed by atoms with E-state index < -0.39 is 0 Å². The van der Waals surface area contributed by atoms with Crippen molar-refractivity contribution in [3.05, 3.63) is 18.1 Å². The third-order valence-electron chi connectivity index (χ3n) is 6.35. The Hall–Kier alpha value is -2.55. The molecule has 0 aromatic carbocycles. The van der Waals surface area contributed by atoms with Gasteiger partial charge in [0.25, 0.3) is 0 Å². The Morgan fingerprint density at radius 2 is 1.82 bits per heavy atom. The number of nitrogens with one attached hydrogen (secondary N) is 3. The number of aromatic nitrogens is 4. The van der Waals surface area contributed by atoms with Gasteiger partial charge in [-0.25, -0.2) is 9.97 Å². The molecule has 0 spiro atoms. The lowest BCUT2D eigenvalue weighted by Gasteiger charge is -2.38. The first-order valence-electron chi connectivity index (χ1n) is 14.0. The van der Waals surface area contributed by atoms with Crippen LogP contribution < -0.4 is 16.0 Å². The Morgan fingerprint density at radius 1 is 1.18 bits per heavy atom. The number of amides is 1. The molecule has 0 bridgehead atoms. The molecule has 2 aromatic heterocycles. The molecule has 3 rings (SSSR count). The second-order valence-corrected chi connectivity index (χ2v) is 12.5. The fourth-order valence-electron chi connectivity index (χ4n) is 4.53. The lowest BCUT2D eigenvalue weighted by molar-refractivity contribution is -0.120. The molecule has 216 valence electrons. The van der Waals surface area contributed by atoms with Gasteiger partial charge in [0.05, 0.1) is 5.69 Å². The number of carbonyl (C=O) groups is 2. The van der Waals surface area contributed by atoms with Gasteiger partial charge in [-0.15, -0.1) is 0 Å². The van der Waals surface area contributed by atoms with Crippen molar-refractivity contribution in [1.29, 1.82) is 0 Å². The van der Waals surface area contributed by atoms with Gasteiger partial charge in [-0.2, -0.15) is 9.61 Å². The van der Waals surface area contributed by atoms with Crippen molar-refractivity contribution in [2.75, 3.05) is 5.32 Å². The minimum absolute atomic E-state index is 0.0139. The smallest absolute Gasteiger partial charge is 0.227 e. The van der Waals surface area contributed by atoms with Crippen molar-refractivity contribution in [3.63, 3.8) is 0 Å². The summed E-state index contributed by atoms with van der Waals surface area (Å²) >= 11 is 0. The largest absolute Gasteiger partial charge is 0.353 e. The van der Waals surface area contributed by atoms with Gasteiger partial charge in [0.1, 0.15) is 12.6 Å². The summed E-state index contributed by atoms with van der Waals surface area (Å²) in [7, 11) is 0. The summed E-state index contributed by atoms with van der Waals surface area (Å²) in [4.78, 5) is 28.5. The van der Waals surface area contributed by atoms with Gasteiger partial charge < -0.3 is 20.7 Å². The number of aldehydes is 1. The average molecular weight is 532 g/mol. The molecule has 0 saturated heterocycles. The van der Waals surface area contributed by atoms with Gasteiger partial charge in [0.15, 0.2) is 5.65 Å². The minimum atomic E-state index is 0.0139. The highest BCUT2D eigenvalue weighted by Gasteiger charge is 2.30. The molecule has 2 heterocycles. The summed E-state index contributed by atoms with van der Waals surface area (Å²) in [5.41, 5.74) is 2.04. The molecule has 38 heavy (non-hydrogen) atoms. The zero-order valence-corrected chi connectivity index (χ0v) is 25.7. The van der Waals surface area contributed by atoms with Gasteiger partial charge in [-0.3, -0.25) is 4.79 Å². The second-order valence-electron chi connectivity index (χ2n) is 12.5. The lowest BCUT2D eigenvalue weighted by Crippen LogP contribution is -2.51. The van der Waals surface area contributed by atoms with Gasteiger partial charge in [-0.05, 0) is 66.2 Å². The van der Waals surface area contributed by atoms with Crippen LogP contribution in [0.1, 0.15) is 114 Å². The third-order valence-corrected chi connectivity index (χ3v) is 6.35. The predicted molar refractivity (Wildman–Crippen MR) is 157 cm³/mol. The molecule has 1 saturated carbocycles. The Labute approximate surface area is 230 Å². The van der Waals surface area contributed by atoms with Crippen molar-refractivity contribution >= 4 is 23.8 Å². The van der Waals surface area contributed by atoms with E-state index in [4.69, 9.17) is 4.79 Å². The van der Waals surface area contributed by atoms with Crippen LogP contribution in [0.4, 0.5) is 5.95 Å². The number of rotatable bonds is 6. The predicted octanol–water partition coefficient (Wildman–Crippen LogP) is 5.30. The van der Waals surface area contributed by atoms with Crippen molar-refractivity contribution < 1.29 is 9.59 Å². The Kier molecular flexibility index (Phi) is 13.3. The number of hydrogen-bond donors (Lipinski definition) is 3. The molecule has 4 unspecified atom stereocenters. The summed E-state index contributed by atoms with van der Waals surface area (Å²) < 4.78 is 1.80. The van der Waals surface area contributed by atoms with Crippen LogP contribution in [-0.2, 0) is 15.0 Å². The first-order valence-corrected chi connectivity index (χ1v) is 14.0. The number of anilines is 1. The maximum atomic E-state index is 11.1. The summed E-state index contributed by atoms with van der Waals surface area (Å²) in [6.07, 6.45) is 8.06. The molecule has 9 heteroatoms. The van der Waals surface area contributed by atoms with Crippen LogP contribution in [0.15, 0.2) is 12.4 Å². The monoisotopic (exact) mass is 531 g/mol. The first-order chi connectivity index (χ1) is 17.6. The molecule has 1 amide bonds. The minimum Gasteiger partial charge on any atom is -0.353 e. The molecular formula is C29H53N7O2. The van der Waals surface area contributed by atoms with E-state index in [1.54, 1.807) is 17.8 Å². The van der Waals surface area contributed by atoms with E-state index in [1.807, 2.05) is 6.07 Å². The van der Waals surface area contributed by atoms with Crippen LogP contribution in [-0.4, -0.2) is 55.4 Å². The van der Waals surface area contributed by atoms with Gasteiger partial charge in [0.2, 0.25) is 11.9 Å². The van der Waals surface area contributed by atoms with E-state index in [0.29, 0.717) is 24.0 Å². The Balaban J connectivity index is 0.000000349. The summed E-state index contributed by atoms with van der Waals surface area (Å²) in [5, 5.41) is 14.7. The average Bonchev–Trinajstić information content (AvgIpc) is 3.22. The van der Waals surface area contributed by atoms with Crippen LogP contribution in [0.2, 0.25) is 0 Å². The van der Waals surface area contributed by atoms with Crippen molar-refractivity contribution in [2.45, 2.75) is 137 Å². The molecule has 9 nitrogen and oxygen atoms in total. The number of fused-ring (bicyclic) bond motifs is 1. The van der Waals surface area contributed by atoms with Gasteiger partial charge in [0, 0.05) is 42.1 Å². The number of carbonyl (C=O) groups excluding carboxylic acids is 2. The number of hydrogen-bond acceptors (Lipinski definition) is 7. The zero-order valence-electron chi connectivity index (χ0n) is 25.7. The first kappa shape index (κ1) is 33.5. The topological polar surface area (TPSA) is 113 Å². The SMILES string of the molecule is CC(=O)NC1CC(NC(C)(C)C)CCC1C.CC=O.CCCC(C)Nc1ncnc2cc(C(C)(C)C)nn12. The van der Waals surface area contributed by atoms with Crippen LogP contribution >= 0.6 is 0 Å². The molecule has 1 fully saturated rings. The molecular weight excluding hydrogens is 478 g/mol. The van der Waals surface area contributed by atoms with E-state index in [9.17, 15) is 4.79 Å². The van der Waals surface area contributed by atoms with Crippen LogP contribution in [0.5, 0.6) is 0 Å². The maximum Gasteiger partial charge on any atom is 0.227 e. The van der Waals surface area contributed by atoms with Crippen molar-refractivity contribution in [2.24, 2.45) is 5.92 Å². The molecule has 1 aliphatic rings. The highest BCUT2D eigenvalue weighted by atomic mass is 16.1. The van der Waals surface area contributed by atoms with E-state index in [-0.39, 0.29) is 16.9 Å². The van der Waals surface area contributed by atoms with E-state index in [1.165, 1.54) is 19.8 Å². The normalized spacial score (nSPS) is 20.3. The quantitative estimate of drug-likeness (QED) is 0.434. The molecule has 0 radical (unpaired) electrons. The standard InChI is InChI=1S/C14H23N5.C13H26N2O.C2H4O/c1-6-7-10(2)17-13-16-9-15-12-8-11(14(3,4)5)18-19(12)13;1-9-6-7-11(15-13(3,4)5)8-12(9)14-10(2)16;1-2-3/h8-10H,6-7H2,1-5H3,(H,15,16,17);9,11-12,15H,6-8H2,1-5H3,(H,14,16);2H,1H3. The fourth-order valence-corrected chi connectivity index (χ4v) is 4.53. The van der Waals surface area contributed by atoms with Crippen molar-refractivity contribution in [1.82, 2.24) is 30.2 Å². The summed E-state index contributed by atoms with van der Waals surface area (Å²) in [5.74, 6) is 1.46. The Bertz CT molecular complexity index is 991. The van der Waals surface area contributed by atoms with E-state index in [2.05, 4.69) is 93.3 Å². The van der Waals surface area contributed by atoms with Crippen LogP contribution in [0.3, 0.4) is 0 Å². The third kappa shape index (κ3) is 11.9. The molecule has 4 atom stereocenters. The Morgan fingerprint density at radius 3 is 2.34 bits per heavy atom. The molecule has 0 aliphatic heterocycles. The van der Waals surface area contributed by atoms with Gasteiger partial charge >= 0.3 is 0 Å². The zero-order chi connectivity index (χ0) is 29.1. The van der Waals surface area contributed by atoms with Gasteiger partial charge in [-0.1, -0.05) is 41.0 Å². The van der Waals surface area contributed by atoms with Crippen molar-refractivity contribution in [3.8, 4) is 0 Å². The number of nitrogens with zero attached hydrogens (tertiary/aromatic N) is 4. The highest BCUT2D eigenvalue weighted by molar-refractivity contribution is 5.73. The second kappa shape index (κ2) is 15.1. The summed E-state index contributed by atoms with van der Waals surface area (Å²) in [6, 6.07) is 3.28. The van der Waals surface area contributed by atoms with Crippen LogP contribution in [0.25, 0.3) is 5.65 Å². The highest BCUT2D eigenvalue weighted by Crippen LogP contribution is 2.26.